The molecule has 0 aliphatic heterocycles. The monoisotopic (exact) mass is 286 g/mol. The molecule has 1 fully saturated rings. The van der Waals surface area contributed by atoms with Gasteiger partial charge >= 0.3 is 0 Å². The van der Waals surface area contributed by atoms with E-state index in [0.717, 1.165) is 18.4 Å². The number of nitrogens with one attached hydrogen (secondary N) is 2. The maximum atomic E-state index is 12.3. The number of carbonyl (C=O) groups is 1. The molecule has 5 nitrogen and oxygen atoms in total. The zero-order valence-electron chi connectivity index (χ0n) is 11.6. The molecular weight excluding hydrogens is 268 g/mol. The van der Waals surface area contributed by atoms with Crippen LogP contribution in [0.4, 0.5) is 0 Å². The second-order valence-corrected chi connectivity index (χ2v) is 5.62. The number of fused-ring (bicyclic) bond motifs is 1. The summed E-state index contributed by atoms with van der Waals surface area (Å²) in [5, 5.41) is 12.8. The smallest absolute Gasteiger partial charge is 0.256 e. The molecule has 1 amide bonds. The van der Waals surface area contributed by atoms with Crippen molar-refractivity contribution in [1.82, 2.24) is 10.3 Å². The standard InChI is InChI=1S/C16H18N2O3/c19-11-6-5-10(7-11)8-18-16(21)13-9-17-14-4-2-1-3-12(14)15(13)20/h1-4,9-11,19H,5-8H2,(H,17,20)(H,18,21). The van der Waals surface area contributed by atoms with E-state index in [-0.39, 0.29) is 23.0 Å². The van der Waals surface area contributed by atoms with Gasteiger partial charge < -0.3 is 15.4 Å². The fourth-order valence-corrected chi connectivity index (χ4v) is 2.90. The summed E-state index contributed by atoms with van der Waals surface area (Å²) in [6.07, 6.45) is 3.63. The number of amides is 1. The number of carbonyl (C=O) groups excluding carboxylic acids is 1. The van der Waals surface area contributed by atoms with Gasteiger partial charge in [0, 0.05) is 23.6 Å². The van der Waals surface area contributed by atoms with Crippen LogP contribution in [0.2, 0.25) is 0 Å². The van der Waals surface area contributed by atoms with E-state index in [9.17, 15) is 14.7 Å². The summed E-state index contributed by atoms with van der Waals surface area (Å²) >= 11 is 0. The first kappa shape index (κ1) is 13.8. The minimum Gasteiger partial charge on any atom is -0.393 e. The van der Waals surface area contributed by atoms with Crippen LogP contribution in [0.5, 0.6) is 0 Å². The molecule has 21 heavy (non-hydrogen) atoms. The molecule has 3 rings (SSSR count). The Bertz CT molecular complexity index is 723. The molecule has 1 aliphatic rings. The number of benzene rings is 1. The van der Waals surface area contributed by atoms with Crippen molar-refractivity contribution >= 4 is 16.8 Å². The van der Waals surface area contributed by atoms with Crippen LogP contribution in [0.1, 0.15) is 29.6 Å². The Morgan fingerprint density at radius 2 is 2.14 bits per heavy atom. The highest BCUT2D eigenvalue weighted by Gasteiger charge is 2.23. The number of aromatic nitrogens is 1. The molecule has 1 aromatic carbocycles. The molecule has 1 aliphatic carbocycles. The Balaban J connectivity index is 1.75. The second kappa shape index (κ2) is 5.69. The van der Waals surface area contributed by atoms with Crippen LogP contribution in [0.15, 0.2) is 35.3 Å². The van der Waals surface area contributed by atoms with Crippen LogP contribution in [-0.4, -0.2) is 28.6 Å². The van der Waals surface area contributed by atoms with Crippen molar-refractivity contribution in [3.63, 3.8) is 0 Å². The zero-order valence-corrected chi connectivity index (χ0v) is 11.6. The zero-order chi connectivity index (χ0) is 14.8. The molecule has 0 saturated heterocycles. The summed E-state index contributed by atoms with van der Waals surface area (Å²) in [6.45, 7) is 0.502. The van der Waals surface area contributed by atoms with Gasteiger partial charge in [-0.2, -0.15) is 0 Å². The maximum absolute atomic E-state index is 12.3. The largest absolute Gasteiger partial charge is 0.393 e. The Morgan fingerprint density at radius 3 is 2.90 bits per heavy atom. The highest BCUT2D eigenvalue weighted by atomic mass is 16.3. The highest BCUT2D eigenvalue weighted by Crippen LogP contribution is 2.24. The molecule has 0 radical (unpaired) electrons. The van der Waals surface area contributed by atoms with Crippen molar-refractivity contribution in [2.24, 2.45) is 5.92 Å². The minimum atomic E-state index is -0.358. The van der Waals surface area contributed by atoms with Gasteiger partial charge in [-0.3, -0.25) is 9.59 Å². The molecule has 1 heterocycles. The quantitative estimate of drug-likeness (QED) is 0.798. The molecule has 1 saturated carbocycles. The molecule has 0 spiro atoms. The van der Waals surface area contributed by atoms with E-state index in [1.165, 1.54) is 6.20 Å². The Kier molecular flexibility index (Phi) is 3.75. The molecule has 2 aromatic rings. The summed E-state index contributed by atoms with van der Waals surface area (Å²) < 4.78 is 0. The molecule has 5 heteroatoms. The summed E-state index contributed by atoms with van der Waals surface area (Å²) in [4.78, 5) is 27.4. The second-order valence-electron chi connectivity index (χ2n) is 5.62. The molecule has 2 atom stereocenters. The predicted octanol–water partition coefficient (Wildman–Crippen LogP) is 1.42. The average Bonchev–Trinajstić information content (AvgIpc) is 2.91. The fourth-order valence-electron chi connectivity index (χ4n) is 2.90. The minimum absolute atomic E-state index is 0.132. The first-order chi connectivity index (χ1) is 10.1. The van der Waals surface area contributed by atoms with Gasteiger partial charge in [0.2, 0.25) is 5.43 Å². The van der Waals surface area contributed by atoms with Crippen molar-refractivity contribution in [1.29, 1.82) is 0 Å². The van der Waals surface area contributed by atoms with E-state index in [4.69, 9.17) is 0 Å². The molecule has 1 aromatic heterocycles. The number of H-pyrrole nitrogens is 1. The topological polar surface area (TPSA) is 82.2 Å². The number of hydrogen-bond acceptors (Lipinski definition) is 3. The van der Waals surface area contributed by atoms with Gasteiger partial charge in [0.25, 0.3) is 5.91 Å². The van der Waals surface area contributed by atoms with Crippen molar-refractivity contribution in [3.05, 3.63) is 46.2 Å². The summed E-state index contributed by atoms with van der Waals surface area (Å²) in [5.74, 6) is -0.0631. The SMILES string of the molecule is O=C(NCC1CCC(O)C1)c1c[nH]c2ccccc2c1=O. The van der Waals surface area contributed by atoms with Gasteiger partial charge in [-0.1, -0.05) is 12.1 Å². The number of pyridine rings is 1. The number of rotatable bonds is 3. The third kappa shape index (κ3) is 2.83. The average molecular weight is 286 g/mol. The number of aliphatic hydroxyl groups excluding tert-OH is 1. The maximum Gasteiger partial charge on any atom is 0.256 e. The lowest BCUT2D eigenvalue weighted by molar-refractivity contribution is 0.0944. The lowest BCUT2D eigenvalue weighted by Gasteiger charge is -2.11. The van der Waals surface area contributed by atoms with E-state index >= 15 is 0 Å². The number of para-hydroxylation sites is 1. The van der Waals surface area contributed by atoms with Crippen molar-refractivity contribution in [2.75, 3.05) is 6.54 Å². The Labute approximate surface area is 122 Å². The van der Waals surface area contributed by atoms with Gasteiger partial charge in [-0.15, -0.1) is 0 Å². The van der Waals surface area contributed by atoms with Gasteiger partial charge in [-0.05, 0) is 37.3 Å². The van der Waals surface area contributed by atoms with E-state index in [0.29, 0.717) is 24.3 Å². The highest BCUT2D eigenvalue weighted by molar-refractivity contribution is 5.97. The van der Waals surface area contributed by atoms with Gasteiger partial charge in [-0.25, -0.2) is 0 Å². The third-order valence-corrected chi connectivity index (χ3v) is 4.10. The van der Waals surface area contributed by atoms with Crippen LogP contribution >= 0.6 is 0 Å². The molecule has 2 unspecified atom stereocenters. The third-order valence-electron chi connectivity index (χ3n) is 4.10. The first-order valence-electron chi connectivity index (χ1n) is 7.22. The fraction of sp³-hybridized carbons (Fsp3) is 0.375. The van der Waals surface area contributed by atoms with E-state index in [2.05, 4.69) is 10.3 Å². The number of hydrogen-bond donors (Lipinski definition) is 3. The van der Waals surface area contributed by atoms with Crippen LogP contribution in [0.25, 0.3) is 10.9 Å². The molecule has 110 valence electrons. The van der Waals surface area contributed by atoms with Crippen molar-refractivity contribution < 1.29 is 9.90 Å². The lowest BCUT2D eigenvalue weighted by Crippen LogP contribution is -2.32. The summed E-state index contributed by atoms with van der Waals surface area (Å²) in [6, 6.07) is 7.12. The number of aliphatic hydroxyl groups is 1. The molecular formula is C16H18N2O3. The van der Waals surface area contributed by atoms with Gasteiger partial charge in [0.05, 0.1) is 6.10 Å². The Hall–Kier alpha value is -2.14. The first-order valence-corrected chi connectivity index (χ1v) is 7.22. The van der Waals surface area contributed by atoms with Crippen LogP contribution < -0.4 is 10.7 Å². The summed E-state index contributed by atoms with van der Waals surface area (Å²) in [7, 11) is 0. The normalized spacial score (nSPS) is 21.6. The lowest BCUT2D eigenvalue weighted by atomic mass is 10.1. The van der Waals surface area contributed by atoms with Gasteiger partial charge in [0.1, 0.15) is 5.56 Å². The van der Waals surface area contributed by atoms with Crippen molar-refractivity contribution in [3.8, 4) is 0 Å². The van der Waals surface area contributed by atoms with E-state index in [1.54, 1.807) is 18.2 Å². The summed E-state index contributed by atoms with van der Waals surface area (Å²) in [5.41, 5.74) is 0.596. The van der Waals surface area contributed by atoms with Gasteiger partial charge in [0.15, 0.2) is 0 Å². The van der Waals surface area contributed by atoms with Crippen LogP contribution in [-0.2, 0) is 0 Å². The van der Waals surface area contributed by atoms with E-state index < -0.39 is 0 Å². The predicted molar refractivity (Wildman–Crippen MR) is 80.2 cm³/mol. The van der Waals surface area contributed by atoms with Crippen molar-refractivity contribution in [2.45, 2.75) is 25.4 Å². The van der Waals surface area contributed by atoms with Crippen LogP contribution in [0.3, 0.4) is 0 Å². The number of aromatic amines is 1. The van der Waals surface area contributed by atoms with Crippen LogP contribution in [0, 0.1) is 5.92 Å². The molecule has 3 N–H and O–H groups in total. The van der Waals surface area contributed by atoms with E-state index in [1.807, 2.05) is 6.07 Å². The Morgan fingerprint density at radius 1 is 1.33 bits per heavy atom. The molecule has 0 bridgehead atoms.